The van der Waals surface area contributed by atoms with Crippen molar-refractivity contribution in [1.82, 2.24) is 0 Å². The molecule has 160 valence electrons. The summed E-state index contributed by atoms with van der Waals surface area (Å²) in [5, 5.41) is 30.3. The first-order chi connectivity index (χ1) is 13.2. The van der Waals surface area contributed by atoms with E-state index in [4.69, 9.17) is 5.11 Å². The molecule has 0 amide bonds. The van der Waals surface area contributed by atoms with Crippen LogP contribution in [-0.2, 0) is 4.79 Å². The molecule has 10 atom stereocenters. The van der Waals surface area contributed by atoms with Crippen molar-refractivity contribution in [1.29, 1.82) is 0 Å². The molecule has 3 N–H and O–H groups in total. The second kappa shape index (κ2) is 7.27. The number of rotatable bonds is 4. The Morgan fingerprint density at radius 1 is 1.04 bits per heavy atom. The highest BCUT2D eigenvalue weighted by atomic mass is 16.4. The average molecular weight is 393 g/mol. The summed E-state index contributed by atoms with van der Waals surface area (Å²) in [7, 11) is 0. The Bertz CT molecular complexity index is 605. The molecule has 0 heterocycles. The molecule has 0 aromatic heterocycles. The van der Waals surface area contributed by atoms with Crippen LogP contribution in [0.4, 0.5) is 0 Å². The van der Waals surface area contributed by atoms with Crippen LogP contribution in [0, 0.1) is 46.3 Å². The third-order valence-corrected chi connectivity index (χ3v) is 10.3. The Labute approximate surface area is 170 Å². The SMILES string of the molecule is C[C@H](CCC(=O)O)[C@H]1CC[C@H]2[C@@H]3CC[C@@H]4C[C@H](O)C[C@@H](O)[C@]4(C)[C@H]3CC[C@]12C. The van der Waals surface area contributed by atoms with Gasteiger partial charge in [-0.2, -0.15) is 0 Å². The smallest absolute Gasteiger partial charge is 0.303 e. The largest absolute Gasteiger partial charge is 0.481 e. The number of carbonyl (C=O) groups is 1. The number of fused-ring (bicyclic) bond motifs is 5. The number of aliphatic hydroxyl groups is 2. The van der Waals surface area contributed by atoms with E-state index in [1.807, 2.05) is 0 Å². The molecule has 0 saturated heterocycles. The van der Waals surface area contributed by atoms with E-state index in [0.29, 0.717) is 47.8 Å². The maximum absolute atomic E-state index is 11.1. The summed E-state index contributed by atoms with van der Waals surface area (Å²) in [5.74, 6) is 2.91. The normalized spacial score (nSPS) is 51.7. The Hall–Kier alpha value is -0.610. The van der Waals surface area contributed by atoms with Gasteiger partial charge >= 0.3 is 5.97 Å². The highest BCUT2D eigenvalue weighted by Crippen LogP contribution is 2.68. The molecule has 4 rings (SSSR count). The van der Waals surface area contributed by atoms with Gasteiger partial charge in [-0.25, -0.2) is 0 Å². The molecule has 0 unspecified atom stereocenters. The van der Waals surface area contributed by atoms with E-state index < -0.39 is 5.97 Å². The van der Waals surface area contributed by atoms with Crippen LogP contribution in [0.5, 0.6) is 0 Å². The first-order valence-electron chi connectivity index (χ1n) is 11.8. The Morgan fingerprint density at radius 3 is 2.50 bits per heavy atom. The topological polar surface area (TPSA) is 77.8 Å². The zero-order valence-electron chi connectivity index (χ0n) is 17.9. The summed E-state index contributed by atoms with van der Waals surface area (Å²) in [5.41, 5.74) is 0.303. The molecular weight excluding hydrogens is 352 g/mol. The zero-order chi connectivity index (χ0) is 20.3. The lowest BCUT2D eigenvalue weighted by Gasteiger charge is -2.62. The lowest BCUT2D eigenvalue weighted by molar-refractivity contribution is -0.182. The third-order valence-electron chi connectivity index (χ3n) is 10.3. The summed E-state index contributed by atoms with van der Waals surface area (Å²) in [6.45, 7) is 7.10. The maximum Gasteiger partial charge on any atom is 0.303 e. The van der Waals surface area contributed by atoms with Gasteiger partial charge in [0.15, 0.2) is 0 Å². The molecule has 28 heavy (non-hydrogen) atoms. The minimum Gasteiger partial charge on any atom is -0.481 e. The first kappa shape index (κ1) is 20.7. The van der Waals surface area contributed by atoms with Crippen molar-refractivity contribution in [2.24, 2.45) is 46.3 Å². The van der Waals surface area contributed by atoms with E-state index >= 15 is 0 Å². The van der Waals surface area contributed by atoms with Gasteiger partial charge in [0.1, 0.15) is 0 Å². The molecule has 0 aliphatic heterocycles. The number of carboxylic acid groups (broad SMARTS) is 1. The lowest BCUT2D eigenvalue weighted by Crippen LogP contribution is -2.59. The van der Waals surface area contributed by atoms with Gasteiger partial charge in [-0.1, -0.05) is 20.8 Å². The number of aliphatic carboxylic acids is 1. The fourth-order valence-corrected chi connectivity index (χ4v) is 8.82. The van der Waals surface area contributed by atoms with Crippen molar-refractivity contribution in [2.45, 2.75) is 97.2 Å². The van der Waals surface area contributed by atoms with Crippen LogP contribution >= 0.6 is 0 Å². The summed E-state index contributed by atoms with van der Waals surface area (Å²) >= 11 is 0. The summed E-state index contributed by atoms with van der Waals surface area (Å²) in [6.07, 6.45) is 9.14. The molecule has 4 fully saturated rings. The highest BCUT2D eigenvalue weighted by molar-refractivity contribution is 5.66. The van der Waals surface area contributed by atoms with Gasteiger partial charge in [0, 0.05) is 6.42 Å². The van der Waals surface area contributed by atoms with Gasteiger partial charge in [0.2, 0.25) is 0 Å². The number of hydrogen-bond acceptors (Lipinski definition) is 3. The fraction of sp³-hybridized carbons (Fsp3) is 0.958. The molecular formula is C24H40O4. The predicted molar refractivity (Wildman–Crippen MR) is 109 cm³/mol. The van der Waals surface area contributed by atoms with Crippen LogP contribution in [0.15, 0.2) is 0 Å². The van der Waals surface area contributed by atoms with Crippen LogP contribution in [0.2, 0.25) is 0 Å². The minimum atomic E-state index is -0.671. The fourth-order valence-electron chi connectivity index (χ4n) is 8.82. The molecule has 0 aromatic carbocycles. The van der Waals surface area contributed by atoms with Gasteiger partial charge in [-0.15, -0.1) is 0 Å². The predicted octanol–water partition coefficient (Wildman–Crippen LogP) is 4.48. The van der Waals surface area contributed by atoms with Crippen molar-refractivity contribution in [3.63, 3.8) is 0 Å². The van der Waals surface area contributed by atoms with Crippen LogP contribution in [0.25, 0.3) is 0 Å². The molecule has 0 aromatic rings. The standard InChI is InChI=1S/C24H40O4/c1-14(4-9-22(27)28)18-7-8-19-17-6-5-15-12-16(25)13-21(26)24(15,3)20(17)10-11-23(18,19)2/h14-21,25-26H,4-13H2,1-3H3,(H,27,28)/t14-,15-,16+,17+,18-,19+,20+,21-,23-,24+/m1/s1. The second-order valence-corrected chi connectivity index (χ2v) is 11.3. The maximum atomic E-state index is 11.1. The van der Waals surface area contributed by atoms with E-state index in [9.17, 15) is 15.0 Å². The Balaban J connectivity index is 1.54. The molecule has 0 spiro atoms. The monoisotopic (exact) mass is 392 g/mol. The average Bonchev–Trinajstić information content (AvgIpc) is 2.98. The van der Waals surface area contributed by atoms with Gasteiger partial charge in [-0.3, -0.25) is 4.79 Å². The highest BCUT2D eigenvalue weighted by Gasteiger charge is 2.62. The number of hydrogen-bond donors (Lipinski definition) is 3. The number of aliphatic hydroxyl groups excluding tert-OH is 2. The molecule has 0 radical (unpaired) electrons. The van der Waals surface area contributed by atoms with Crippen molar-refractivity contribution in [2.75, 3.05) is 0 Å². The Kier molecular flexibility index (Phi) is 5.36. The molecule has 4 aliphatic carbocycles. The van der Waals surface area contributed by atoms with E-state index in [-0.39, 0.29) is 17.6 Å². The van der Waals surface area contributed by atoms with Gasteiger partial charge in [0.25, 0.3) is 0 Å². The molecule has 4 saturated carbocycles. The molecule has 4 heteroatoms. The van der Waals surface area contributed by atoms with E-state index in [1.54, 1.807) is 0 Å². The minimum absolute atomic E-state index is 0.0313. The van der Waals surface area contributed by atoms with Crippen molar-refractivity contribution >= 4 is 5.97 Å². The van der Waals surface area contributed by atoms with Crippen LogP contribution in [0.3, 0.4) is 0 Å². The molecule has 4 nitrogen and oxygen atoms in total. The molecule has 0 bridgehead atoms. The molecule has 4 aliphatic rings. The second-order valence-electron chi connectivity index (χ2n) is 11.3. The van der Waals surface area contributed by atoms with E-state index in [1.165, 1.54) is 32.1 Å². The summed E-state index contributed by atoms with van der Waals surface area (Å²) in [4.78, 5) is 11.1. The van der Waals surface area contributed by atoms with E-state index in [0.717, 1.165) is 25.2 Å². The van der Waals surface area contributed by atoms with Gasteiger partial charge in [0.05, 0.1) is 12.2 Å². The van der Waals surface area contributed by atoms with Gasteiger partial charge in [-0.05, 0) is 104 Å². The van der Waals surface area contributed by atoms with Crippen LogP contribution in [-0.4, -0.2) is 33.5 Å². The van der Waals surface area contributed by atoms with Crippen molar-refractivity contribution in [3.8, 4) is 0 Å². The van der Waals surface area contributed by atoms with Crippen molar-refractivity contribution in [3.05, 3.63) is 0 Å². The van der Waals surface area contributed by atoms with E-state index in [2.05, 4.69) is 20.8 Å². The zero-order valence-corrected chi connectivity index (χ0v) is 17.9. The quantitative estimate of drug-likeness (QED) is 0.659. The first-order valence-corrected chi connectivity index (χ1v) is 11.8. The van der Waals surface area contributed by atoms with Gasteiger partial charge < -0.3 is 15.3 Å². The van der Waals surface area contributed by atoms with Crippen molar-refractivity contribution < 1.29 is 20.1 Å². The Morgan fingerprint density at radius 2 is 1.79 bits per heavy atom. The van der Waals surface area contributed by atoms with Crippen LogP contribution < -0.4 is 0 Å². The third kappa shape index (κ3) is 3.05. The van der Waals surface area contributed by atoms with Crippen LogP contribution in [0.1, 0.15) is 85.0 Å². The number of carboxylic acids is 1. The summed E-state index contributed by atoms with van der Waals surface area (Å²) in [6, 6.07) is 0. The lowest BCUT2D eigenvalue weighted by atomic mass is 9.43. The summed E-state index contributed by atoms with van der Waals surface area (Å²) < 4.78 is 0.